The summed E-state index contributed by atoms with van der Waals surface area (Å²) in [4.78, 5) is 15.0. The van der Waals surface area contributed by atoms with Gasteiger partial charge in [-0.1, -0.05) is 60.7 Å². The summed E-state index contributed by atoms with van der Waals surface area (Å²) < 4.78 is 41.8. The summed E-state index contributed by atoms with van der Waals surface area (Å²) in [7, 11) is -4.17. The fourth-order valence-electron chi connectivity index (χ4n) is 3.90. The average Bonchev–Trinajstić information content (AvgIpc) is 2.88. The predicted octanol–water partition coefficient (Wildman–Crippen LogP) is 3.79. The van der Waals surface area contributed by atoms with Gasteiger partial charge in [-0.2, -0.15) is 5.10 Å². The number of likely N-dealkylation sites (tertiary alicyclic amines) is 1. The fraction of sp³-hybridized carbons (Fsp3) is 0.231. The molecule has 3 aromatic rings. The van der Waals surface area contributed by atoms with Crippen LogP contribution in [0.5, 0.6) is 0 Å². The van der Waals surface area contributed by atoms with E-state index in [9.17, 15) is 17.6 Å². The summed E-state index contributed by atoms with van der Waals surface area (Å²) in [6.45, 7) is 1.88. The number of sulfonamides is 1. The Morgan fingerprint density at radius 1 is 0.914 bits per heavy atom. The van der Waals surface area contributed by atoms with Crippen molar-refractivity contribution < 1.29 is 17.6 Å². The zero-order chi connectivity index (χ0) is 24.7. The molecule has 4 rings (SSSR count). The highest BCUT2D eigenvalue weighted by Gasteiger charge is 2.29. The molecule has 1 fully saturated rings. The molecule has 0 atom stereocenters. The van der Waals surface area contributed by atoms with E-state index in [1.807, 2.05) is 18.2 Å². The Hall–Kier alpha value is -3.56. The molecule has 1 saturated heterocycles. The normalized spacial score (nSPS) is 14.4. The third kappa shape index (κ3) is 6.32. The number of para-hydroxylation sites is 1. The lowest BCUT2D eigenvalue weighted by atomic mass is 10.1. The van der Waals surface area contributed by atoms with Crippen LogP contribution in [0.15, 0.2) is 94.9 Å². The van der Waals surface area contributed by atoms with Crippen LogP contribution in [0.1, 0.15) is 18.4 Å². The van der Waals surface area contributed by atoms with Crippen LogP contribution in [-0.4, -0.2) is 44.6 Å². The number of carbonyl (C=O) groups excluding carboxylic acids is 1. The van der Waals surface area contributed by atoms with Gasteiger partial charge < -0.3 is 0 Å². The second-order valence-corrected chi connectivity index (χ2v) is 10.1. The van der Waals surface area contributed by atoms with Crippen LogP contribution < -0.4 is 9.73 Å². The number of benzene rings is 3. The van der Waals surface area contributed by atoms with Gasteiger partial charge >= 0.3 is 0 Å². The largest absolute Gasteiger partial charge is 0.298 e. The fourth-order valence-corrected chi connectivity index (χ4v) is 5.35. The van der Waals surface area contributed by atoms with E-state index < -0.39 is 28.3 Å². The molecule has 1 N–H and O–H groups in total. The Morgan fingerprint density at radius 2 is 1.51 bits per heavy atom. The Morgan fingerprint density at radius 3 is 2.17 bits per heavy atom. The second-order valence-electron chi connectivity index (χ2n) is 8.25. The molecule has 3 aromatic carbocycles. The minimum atomic E-state index is -4.17. The van der Waals surface area contributed by atoms with Crippen LogP contribution in [0.2, 0.25) is 0 Å². The molecule has 0 aliphatic carbocycles. The number of piperidine rings is 1. The quantitative estimate of drug-likeness (QED) is 0.483. The number of halogens is 1. The Kier molecular flexibility index (Phi) is 7.89. The van der Waals surface area contributed by atoms with Crippen LogP contribution in [0.3, 0.4) is 0 Å². The predicted molar refractivity (Wildman–Crippen MR) is 134 cm³/mol. The average molecular weight is 495 g/mol. The number of hydrazone groups is 1. The maximum Gasteiger partial charge on any atom is 0.264 e. The van der Waals surface area contributed by atoms with Gasteiger partial charge in [0.15, 0.2) is 0 Å². The number of nitrogens with zero attached hydrogens (tertiary/aromatic N) is 3. The maximum atomic E-state index is 14.5. The first-order chi connectivity index (χ1) is 16.9. The first-order valence-electron chi connectivity index (χ1n) is 11.4. The van der Waals surface area contributed by atoms with E-state index in [0.717, 1.165) is 35.7 Å². The third-order valence-electron chi connectivity index (χ3n) is 5.76. The smallest absolute Gasteiger partial charge is 0.264 e. The molecule has 1 aliphatic rings. The van der Waals surface area contributed by atoms with Gasteiger partial charge in [-0.25, -0.2) is 18.2 Å². The highest BCUT2D eigenvalue weighted by atomic mass is 32.2. The van der Waals surface area contributed by atoms with E-state index in [1.54, 1.807) is 18.2 Å². The molecule has 1 amide bonds. The summed E-state index contributed by atoms with van der Waals surface area (Å²) in [6.07, 6.45) is 1.40. The summed E-state index contributed by atoms with van der Waals surface area (Å²) in [5, 5.41) is 4.22. The molecule has 35 heavy (non-hydrogen) atoms. The van der Waals surface area contributed by atoms with E-state index in [4.69, 9.17) is 0 Å². The van der Waals surface area contributed by atoms with Crippen molar-refractivity contribution in [3.8, 4) is 0 Å². The van der Waals surface area contributed by atoms with Crippen molar-refractivity contribution in [1.82, 2.24) is 10.3 Å². The molecule has 0 spiro atoms. The molecule has 1 heterocycles. The minimum absolute atomic E-state index is 0.0341. The molecule has 0 radical (unpaired) electrons. The van der Waals surface area contributed by atoms with Gasteiger partial charge in [0.05, 0.1) is 10.6 Å². The van der Waals surface area contributed by atoms with Crippen molar-refractivity contribution in [2.24, 2.45) is 5.10 Å². The Labute approximate surface area is 204 Å². The van der Waals surface area contributed by atoms with Crippen molar-refractivity contribution in [3.05, 3.63) is 96.3 Å². The van der Waals surface area contributed by atoms with Gasteiger partial charge in [0.2, 0.25) is 0 Å². The van der Waals surface area contributed by atoms with Crippen LogP contribution in [0.4, 0.5) is 10.1 Å². The molecule has 1 aliphatic heterocycles. The van der Waals surface area contributed by atoms with E-state index in [2.05, 4.69) is 27.6 Å². The number of carbonyl (C=O) groups is 1. The number of rotatable bonds is 8. The molecule has 182 valence electrons. The van der Waals surface area contributed by atoms with E-state index in [1.165, 1.54) is 35.9 Å². The number of amides is 1. The van der Waals surface area contributed by atoms with Gasteiger partial charge in [0.1, 0.15) is 12.4 Å². The number of hydrogen-bond acceptors (Lipinski definition) is 5. The molecule has 0 bridgehead atoms. The molecule has 0 aromatic heterocycles. The van der Waals surface area contributed by atoms with Gasteiger partial charge in [-0.3, -0.25) is 14.0 Å². The number of nitrogens with one attached hydrogen (secondary N) is 1. The lowest BCUT2D eigenvalue weighted by Crippen LogP contribution is -2.40. The number of anilines is 1. The minimum Gasteiger partial charge on any atom is -0.298 e. The summed E-state index contributed by atoms with van der Waals surface area (Å²) in [6, 6.07) is 23.3. The molecular formula is C26H27FN4O3S. The second kappa shape index (κ2) is 11.2. The van der Waals surface area contributed by atoms with Crippen LogP contribution in [0, 0.1) is 5.82 Å². The molecule has 9 heteroatoms. The summed E-state index contributed by atoms with van der Waals surface area (Å²) in [5.41, 5.74) is 4.34. The zero-order valence-corrected chi connectivity index (χ0v) is 20.0. The Balaban J connectivity index is 1.42. The first kappa shape index (κ1) is 24.6. The van der Waals surface area contributed by atoms with Crippen molar-refractivity contribution in [1.29, 1.82) is 0 Å². The van der Waals surface area contributed by atoms with Crippen LogP contribution >= 0.6 is 0 Å². The van der Waals surface area contributed by atoms with Gasteiger partial charge in [0, 0.05) is 38.2 Å². The highest BCUT2D eigenvalue weighted by molar-refractivity contribution is 7.92. The topological polar surface area (TPSA) is 82.1 Å². The van der Waals surface area contributed by atoms with Crippen LogP contribution in [0.25, 0.3) is 0 Å². The van der Waals surface area contributed by atoms with E-state index in [0.29, 0.717) is 12.8 Å². The van der Waals surface area contributed by atoms with E-state index >= 15 is 0 Å². The van der Waals surface area contributed by atoms with Crippen molar-refractivity contribution in [2.75, 3.05) is 23.9 Å². The maximum absolute atomic E-state index is 14.5. The van der Waals surface area contributed by atoms with E-state index in [-0.39, 0.29) is 10.6 Å². The van der Waals surface area contributed by atoms with Crippen molar-refractivity contribution >= 4 is 27.3 Å². The van der Waals surface area contributed by atoms with Crippen molar-refractivity contribution in [3.63, 3.8) is 0 Å². The van der Waals surface area contributed by atoms with Gasteiger partial charge in [-0.15, -0.1) is 0 Å². The standard InChI is InChI=1S/C26H27FN4O3S/c27-24-13-7-8-14-25(24)31(35(33,34)23-11-5-2-6-12-23)20-26(32)29-28-22-15-17-30(18-16-22)19-21-9-3-1-4-10-21/h1-14H,15-20H2,(H,29,32). The zero-order valence-electron chi connectivity index (χ0n) is 19.2. The lowest BCUT2D eigenvalue weighted by Gasteiger charge is -2.27. The Bertz CT molecular complexity index is 1270. The molecule has 0 saturated carbocycles. The monoisotopic (exact) mass is 494 g/mol. The lowest BCUT2D eigenvalue weighted by molar-refractivity contribution is -0.119. The van der Waals surface area contributed by atoms with Crippen molar-refractivity contribution in [2.45, 2.75) is 24.3 Å². The van der Waals surface area contributed by atoms with Gasteiger partial charge in [0.25, 0.3) is 15.9 Å². The molecular weight excluding hydrogens is 467 g/mol. The van der Waals surface area contributed by atoms with Gasteiger partial charge in [-0.05, 0) is 29.8 Å². The highest BCUT2D eigenvalue weighted by Crippen LogP contribution is 2.26. The molecule has 7 nitrogen and oxygen atoms in total. The summed E-state index contributed by atoms with van der Waals surface area (Å²) in [5.74, 6) is -1.39. The van der Waals surface area contributed by atoms with Crippen LogP contribution in [-0.2, 0) is 21.4 Å². The third-order valence-corrected chi connectivity index (χ3v) is 7.53. The number of hydrogen-bond donors (Lipinski definition) is 1. The molecule has 0 unspecified atom stereocenters. The first-order valence-corrected chi connectivity index (χ1v) is 12.8. The summed E-state index contributed by atoms with van der Waals surface area (Å²) >= 11 is 0. The SMILES string of the molecule is O=C(CN(c1ccccc1F)S(=O)(=O)c1ccccc1)NN=C1CCN(Cc2ccccc2)CC1.